The standard InChI is InChI=1S/C23H36NSi/c1-16(2)12-20-14-22(24(6)15-23(20)25(7,8)9)21-11-10-19(17(3)4)13-18(21)5/h10-11,13-17H,12H2,1-9H3/q+1. The molecule has 0 fully saturated rings. The molecule has 0 atom stereocenters. The SMILES string of the molecule is Cc1cc(C(C)C)ccc1-c1cc(CC(C)C)c([Si](C)(C)C)c[n+]1C. The Hall–Kier alpha value is -1.41. The van der Waals surface area contributed by atoms with Gasteiger partial charge in [-0.2, -0.15) is 0 Å². The Morgan fingerprint density at radius 2 is 1.64 bits per heavy atom. The summed E-state index contributed by atoms with van der Waals surface area (Å²) in [4.78, 5) is 0. The van der Waals surface area contributed by atoms with Gasteiger partial charge < -0.3 is 0 Å². The summed E-state index contributed by atoms with van der Waals surface area (Å²) in [7, 11) is 0.844. The van der Waals surface area contributed by atoms with Crippen LogP contribution in [0.1, 0.15) is 50.3 Å². The molecule has 0 saturated carbocycles. The molecule has 0 unspecified atom stereocenters. The zero-order valence-electron chi connectivity index (χ0n) is 17.7. The van der Waals surface area contributed by atoms with Crippen LogP contribution in [0, 0.1) is 12.8 Å². The van der Waals surface area contributed by atoms with Gasteiger partial charge >= 0.3 is 0 Å². The van der Waals surface area contributed by atoms with Crippen LogP contribution in [0.4, 0.5) is 0 Å². The van der Waals surface area contributed by atoms with Gasteiger partial charge in [-0.1, -0.05) is 59.5 Å². The smallest absolute Gasteiger partial charge is 0.201 e. The highest BCUT2D eigenvalue weighted by atomic mass is 28.3. The van der Waals surface area contributed by atoms with Crippen LogP contribution in [0.2, 0.25) is 19.6 Å². The number of aromatic nitrogens is 1. The predicted octanol–water partition coefficient (Wildman–Crippen LogP) is 5.35. The predicted molar refractivity (Wildman–Crippen MR) is 113 cm³/mol. The molecule has 25 heavy (non-hydrogen) atoms. The fourth-order valence-corrected chi connectivity index (χ4v) is 5.29. The zero-order chi connectivity index (χ0) is 18.9. The average molecular weight is 355 g/mol. The van der Waals surface area contributed by atoms with Gasteiger partial charge in [-0.25, -0.2) is 4.57 Å². The molecule has 0 amide bonds. The van der Waals surface area contributed by atoms with Crippen LogP contribution in [0.15, 0.2) is 30.5 Å². The molecule has 2 rings (SSSR count). The molecule has 1 nitrogen and oxygen atoms in total. The largest absolute Gasteiger partial charge is 0.212 e. The van der Waals surface area contributed by atoms with Crippen molar-refractivity contribution in [2.45, 2.75) is 66.6 Å². The van der Waals surface area contributed by atoms with E-state index in [1.54, 1.807) is 10.8 Å². The van der Waals surface area contributed by atoms with Gasteiger partial charge in [-0.05, 0) is 47.9 Å². The van der Waals surface area contributed by atoms with Gasteiger partial charge in [-0.3, -0.25) is 0 Å². The molecule has 0 spiro atoms. The lowest BCUT2D eigenvalue weighted by Gasteiger charge is -2.21. The van der Waals surface area contributed by atoms with Crippen LogP contribution < -0.4 is 9.75 Å². The molecule has 1 heterocycles. The monoisotopic (exact) mass is 354 g/mol. The van der Waals surface area contributed by atoms with E-state index in [4.69, 9.17) is 0 Å². The van der Waals surface area contributed by atoms with E-state index < -0.39 is 8.07 Å². The summed E-state index contributed by atoms with van der Waals surface area (Å²) < 4.78 is 2.34. The Bertz CT molecular complexity index is 751. The lowest BCUT2D eigenvalue weighted by molar-refractivity contribution is -0.659. The highest BCUT2D eigenvalue weighted by Crippen LogP contribution is 2.26. The quantitative estimate of drug-likeness (QED) is 0.503. The Kier molecular flexibility index (Phi) is 5.93. The van der Waals surface area contributed by atoms with Crippen LogP contribution in [0.3, 0.4) is 0 Å². The highest BCUT2D eigenvalue weighted by molar-refractivity contribution is 6.88. The summed E-state index contributed by atoms with van der Waals surface area (Å²) in [5.74, 6) is 1.26. The zero-order valence-corrected chi connectivity index (χ0v) is 18.7. The molecule has 0 N–H and O–H groups in total. The number of rotatable bonds is 5. The molecule has 0 aliphatic rings. The Morgan fingerprint density at radius 1 is 1.00 bits per heavy atom. The summed E-state index contributed by atoms with van der Waals surface area (Å²) in [5.41, 5.74) is 7.04. The number of pyridine rings is 1. The lowest BCUT2D eigenvalue weighted by Crippen LogP contribution is -2.47. The summed E-state index contributed by atoms with van der Waals surface area (Å²) in [6.07, 6.45) is 3.58. The van der Waals surface area contributed by atoms with Crippen LogP contribution in [0.5, 0.6) is 0 Å². The number of hydrogen-bond donors (Lipinski definition) is 0. The van der Waals surface area contributed by atoms with E-state index in [-0.39, 0.29) is 0 Å². The third-order valence-corrected chi connectivity index (χ3v) is 7.06. The van der Waals surface area contributed by atoms with Crippen LogP contribution >= 0.6 is 0 Å². The van der Waals surface area contributed by atoms with E-state index in [2.05, 4.69) is 96.3 Å². The van der Waals surface area contributed by atoms with Crippen molar-refractivity contribution in [1.29, 1.82) is 0 Å². The second-order valence-corrected chi connectivity index (χ2v) is 14.3. The third-order valence-electron chi connectivity index (χ3n) is 4.99. The van der Waals surface area contributed by atoms with Crippen molar-refractivity contribution >= 4 is 13.3 Å². The molecule has 0 saturated heterocycles. The molecular weight excluding hydrogens is 318 g/mol. The first-order chi connectivity index (χ1) is 11.5. The van der Waals surface area contributed by atoms with E-state index >= 15 is 0 Å². The maximum atomic E-state index is 2.46. The Balaban J connectivity index is 2.63. The van der Waals surface area contributed by atoms with E-state index in [1.165, 1.54) is 22.4 Å². The first kappa shape index (κ1) is 19.9. The summed E-state index contributed by atoms with van der Waals surface area (Å²) in [6.45, 7) is 18.8. The minimum Gasteiger partial charge on any atom is -0.201 e. The van der Waals surface area contributed by atoms with Gasteiger partial charge in [0.15, 0.2) is 6.20 Å². The van der Waals surface area contributed by atoms with Gasteiger partial charge in [0.2, 0.25) is 5.69 Å². The first-order valence-corrected chi connectivity index (χ1v) is 13.1. The molecule has 1 aromatic carbocycles. The summed E-state index contributed by atoms with van der Waals surface area (Å²) >= 11 is 0. The fraction of sp³-hybridized carbons (Fsp3) is 0.522. The molecule has 136 valence electrons. The van der Waals surface area contributed by atoms with E-state index in [1.807, 2.05) is 0 Å². The van der Waals surface area contributed by atoms with Crippen molar-refractivity contribution in [3.8, 4) is 11.3 Å². The van der Waals surface area contributed by atoms with Gasteiger partial charge in [0.1, 0.15) is 7.05 Å². The summed E-state index contributed by atoms with van der Waals surface area (Å²) in [5, 5.41) is 1.60. The molecule has 0 bridgehead atoms. The second-order valence-electron chi connectivity index (χ2n) is 9.29. The maximum absolute atomic E-state index is 2.46. The molecule has 1 aromatic heterocycles. The van der Waals surface area contributed by atoms with Crippen molar-refractivity contribution in [2.75, 3.05) is 0 Å². The minimum absolute atomic E-state index is 0.576. The van der Waals surface area contributed by atoms with Crippen molar-refractivity contribution in [3.05, 3.63) is 47.2 Å². The summed E-state index contributed by atoms with van der Waals surface area (Å²) in [6, 6.07) is 9.42. The Morgan fingerprint density at radius 3 is 2.12 bits per heavy atom. The van der Waals surface area contributed by atoms with Crippen LogP contribution in [-0.4, -0.2) is 8.07 Å². The molecule has 0 aliphatic carbocycles. The van der Waals surface area contributed by atoms with Crippen LogP contribution in [-0.2, 0) is 13.5 Å². The number of benzene rings is 1. The normalized spacial score (nSPS) is 12.3. The van der Waals surface area contributed by atoms with Crippen LogP contribution in [0.25, 0.3) is 11.3 Å². The van der Waals surface area contributed by atoms with Gasteiger partial charge in [0.25, 0.3) is 0 Å². The van der Waals surface area contributed by atoms with Crippen molar-refractivity contribution in [2.24, 2.45) is 13.0 Å². The van der Waals surface area contributed by atoms with E-state index in [0.29, 0.717) is 11.8 Å². The van der Waals surface area contributed by atoms with Crippen molar-refractivity contribution in [3.63, 3.8) is 0 Å². The van der Waals surface area contributed by atoms with Gasteiger partial charge in [-0.15, -0.1) is 0 Å². The second kappa shape index (κ2) is 7.45. The molecule has 2 aromatic rings. The lowest BCUT2D eigenvalue weighted by atomic mass is 9.95. The van der Waals surface area contributed by atoms with E-state index in [9.17, 15) is 0 Å². The van der Waals surface area contributed by atoms with Gasteiger partial charge in [0, 0.05) is 16.8 Å². The molecule has 0 radical (unpaired) electrons. The van der Waals surface area contributed by atoms with Crippen molar-refractivity contribution in [1.82, 2.24) is 0 Å². The van der Waals surface area contributed by atoms with Crippen molar-refractivity contribution < 1.29 is 4.57 Å². The molecule has 0 aliphatic heterocycles. The number of aryl methyl sites for hydroxylation is 2. The first-order valence-electron chi connectivity index (χ1n) is 9.64. The Labute approximate surface area is 156 Å². The van der Waals surface area contributed by atoms with Gasteiger partial charge in [0.05, 0.1) is 8.07 Å². The minimum atomic E-state index is -1.36. The molecular formula is C23H36NSi+. The average Bonchev–Trinajstić information content (AvgIpc) is 2.47. The number of nitrogens with zero attached hydrogens (tertiary/aromatic N) is 1. The fourth-order valence-electron chi connectivity index (χ4n) is 3.58. The number of hydrogen-bond acceptors (Lipinski definition) is 0. The molecule has 2 heteroatoms. The topological polar surface area (TPSA) is 3.88 Å². The third kappa shape index (κ3) is 4.61. The maximum Gasteiger partial charge on any atom is 0.212 e. The van der Waals surface area contributed by atoms with E-state index in [0.717, 1.165) is 6.42 Å². The highest BCUT2D eigenvalue weighted by Gasteiger charge is 2.26.